The van der Waals surface area contributed by atoms with Gasteiger partial charge in [-0.3, -0.25) is 10.1 Å². The number of aryl methyl sites for hydroxylation is 1. The molecule has 5 nitrogen and oxygen atoms in total. The number of benzene rings is 1. The van der Waals surface area contributed by atoms with Crippen molar-refractivity contribution in [2.24, 2.45) is 0 Å². The van der Waals surface area contributed by atoms with Crippen LogP contribution in [0.3, 0.4) is 0 Å². The number of furan rings is 1. The van der Waals surface area contributed by atoms with E-state index in [9.17, 15) is 10.1 Å². The number of nitrogens with one attached hydrogen (secondary N) is 1. The molecule has 6 heteroatoms. The molecule has 0 aliphatic rings. The molecule has 1 aromatic carbocycles. The maximum absolute atomic E-state index is 10.8. The van der Waals surface area contributed by atoms with E-state index in [1.807, 2.05) is 34.7 Å². The Balaban J connectivity index is 1.92. The fraction of sp³-hybridized carbons (Fsp3) is 0.286. The molecule has 0 bridgehead atoms. The van der Waals surface area contributed by atoms with E-state index in [1.165, 1.54) is 6.07 Å². The van der Waals surface area contributed by atoms with Crippen LogP contribution >= 0.6 is 22.6 Å². The minimum atomic E-state index is -0.369. The van der Waals surface area contributed by atoms with Crippen LogP contribution in [-0.2, 0) is 6.42 Å². The minimum absolute atomic E-state index is 0.138. The third kappa shape index (κ3) is 3.96. The highest BCUT2D eigenvalue weighted by Crippen LogP contribution is 2.24. The summed E-state index contributed by atoms with van der Waals surface area (Å²) in [6.07, 6.45) is 3.47. The topological polar surface area (TPSA) is 68.3 Å². The van der Waals surface area contributed by atoms with Crippen molar-refractivity contribution in [3.8, 4) is 0 Å². The second kappa shape index (κ2) is 6.74. The number of rotatable bonds is 6. The van der Waals surface area contributed by atoms with Gasteiger partial charge in [0.15, 0.2) is 0 Å². The van der Waals surface area contributed by atoms with Gasteiger partial charge in [0.25, 0.3) is 5.69 Å². The summed E-state index contributed by atoms with van der Waals surface area (Å²) in [7, 11) is 0. The van der Waals surface area contributed by atoms with Crippen LogP contribution in [0.25, 0.3) is 0 Å². The Kier molecular flexibility index (Phi) is 4.99. The van der Waals surface area contributed by atoms with Gasteiger partial charge in [0.2, 0.25) is 0 Å². The van der Waals surface area contributed by atoms with Crippen LogP contribution in [0.15, 0.2) is 41.0 Å². The predicted molar refractivity (Wildman–Crippen MR) is 85.9 cm³/mol. The SMILES string of the molecule is CC(CCc1ccco1)Nc1ccc([N+](=O)[O-])c(I)c1. The quantitative estimate of drug-likeness (QED) is 0.459. The summed E-state index contributed by atoms with van der Waals surface area (Å²) >= 11 is 1.98. The summed E-state index contributed by atoms with van der Waals surface area (Å²) in [5.74, 6) is 0.969. The van der Waals surface area contributed by atoms with Gasteiger partial charge in [0.05, 0.1) is 14.8 Å². The number of nitro groups is 1. The minimum Gasteiger partial charge on any atom is -0.469 e. The van der Waals surface area contributed by atoms with Crippen molar-refractivity contribution in [2.75, 3.05) is 5.32 Å². The monoisotopic (exact) mass is 386 g/mol. The van der Waals surface area contributed by atoms with Gasteiger partial charge < -0.3 is 9.73 Å². The van der Waals surface area contributed by atoms with E-state index < -0.39 is 0 Å². The summed E-state index contributed by atoms with van der Waals surface area (Å²) in [6, 6.07) is 9.17. The molecular formula is C14H15IN2O3. The molecule has 0 saturated heterocycles. The van der Waals surface area contributed by atoms with Crippen molar-refractivity contribution in [3.05, 3.63) is 56.0 Å². The van der Waals surface area contributed by atoms with Crippen molar-refractivity contribution >= 4 is 34.0 Å². The van der Waals surface area contributed by atoms with Gasteiger partial charge in [-0.1, -0.05) is 0 Å². The maximum atomic E-state index is 10.8. The molecule has 0 amide bonds. The van der Waals surface area contributed by atoms with Gasteiger partial charge in [-0.15, -0.1) is 0 Å². The summed E-state index contributed by atoms with van der Waals surface area (Å²) < 4.78 is 5.93. The number of nitro benzene ring substituents is 1. The van der Waals surface area contributed by atoms with E-state index in [0.29, 0.717) is 3.57 Å². The standard InChI is InChI=1S/C14H15IN2O3/c1-10(4-6-12-3-2-8-20-12)16-11-5-7-14(17(18)19)13(15)9-11/h2-3,5,7-10,16H,4,6H2,1H3. The lowest BCUT2D eigenvalue weighted by molar-refractivity contribution is -0.385. The number of hydrogen-bond donors (Lipinski definition) is 1. The number of anilines is 1. The number of hydrogen-bond acceptors (Lipinski definition) is 4. The fourth-order valence-electron chi connectivity index (χ4n) is 1.92. The molecular weight excluding hydrogens is 371 g/mol. The van der Waals surface area contributed by atoms with Gasteiger partial charge >= 0.3 is 0 Å². The molecule has 0 aliphatic carbocycles. The van der Waals surface area contributed by atoms with Crippen LogP contribution in [0.1, 0.15) is 19.1 Å². The van der Waals surface area contributed by atoms with E-state index in [1.54, 1.807) is 18.4 Å². The van der Waals surface area contributed by atoms with Crippen molar-refractivity contribution < 1.29 is 9.34 Å². The van der Waals surface area contributed by atoms with Gasteiger partial charge in [-0.2, -0.15) is 0 Å². The van der Waals surface area contributed by atoms with Crippen molar-refractivity contribution in [2.45, 2.75) is 25.8 Å². The van der Waals surface area contributed by atoms with E-state index in [4.69, 9.17) is 4.42 Å². The second-order valence-corrected chi connectivity index (χ2v) is 5.75. The molecule has 1 unspecified atom stereocenters. The first kappa shape index (κ1) is 14.8. The third-order valence-corrected chi connectivity index (χ3v) is 3.83. The fourth-order valence-corrected chi connectivity index (χ4v) is 2.63. The Morgan fingerprint density at radius 1 is 1.45 bits per heavy atom. The van der Waals surface area contributed by atoms with Crippen LogP contribution in [-0.4, -0.2) is 11.0 Å². The lowest BCUT2D eigenvalue weighted by atomic mass is 10.1. The van der Waals surface area contributed by atoms with Crippen LogP contribution in [0.5, 0.6) is 0 Å². The molecule has 1 heterocycles. The largest absolute Gasteiger partial charge is 0.469 e. The van der Waals surface area contributed by atoms with E-state index in [-0.39, 0.29) is 16.7 Å². The molecule has 106 valence electrons. The molecule has 1 N–H and O–H groups in total. The highest BCUT2D eigenvalue weighted by Gasteiger charge is 2.12. The molecule has 0 aliphatic heterocycles. The first-order valence-corrected chi connectivity index (χ1v) is 7.37. The highest BCUT2D eigenvalue weighted by atomic mass is 127. The van der Waals surface area contributed by atoms with Crippen LogP contribution in [0, 0.1) is 13.7 Å². The van der Waals surface area contributed by atoms with Gasteiger partial charge in [-0.05, 0) is 60.2 Å². The molecule has 0 saturated carbocycles. The summed E-state index contributed by atoms with van der Waals surface area (Å²) in [4.78, 5) is 10.4. The second-order valence-electron chi connectivity index (χ2n) is 4.59. The average molecular weight is 386 g/mol. The molecule has 0 fully saturated rings. The van der Waals surface area contributed by atoms with E-state index in [2.05, 4.69) is 12.2 Å². The highest BCUT2D eigenvalue weighted by molar-refractivity contribution is 14.1. The smallest absolute Gasteiger partial charge is 0.282 e. The van der Waals surface area contributed by atoms with Gasteiger partial charge in [0.1, 0.15) is 5.76 Å². The molecule has 2 aromatic rings. The van der Waals surface area contributed by atoms with Crippen LogP contribution in [0.4, 0.5) is 11.4 Å². The molecule has 0 radical (unpaired) electrons. The van der Waals surface area contributed by atoms with E-state index in [0.717, 1.165) is 24.3 Å². The van der Waals surface area contributed by atoms with Crippen LogP contribution in [0.2, 0.25) is 0 Å². The zero-order valence-corrected chi connectivity index (χ0v) is 13.2. The van der Waals surface area contributed by atoms with Gasteiger partial charge in [0, 0.05) is 24.2 Å². The third-order valence-electron chi connectivity index (χ3n) is 2.96. The Morgan fingerprint density at radius 3 is 2.85 bits per heavy atom. The van der Waals surface area contributed by atoms with Crippen molar-refractivity contribution in [1.29, 1.82) is 0 Å². The lowest BCUT2D eigenvalue weighted by Crippen LogP contribution is -2.16. The predicted octanol–water partition coefficient (Wildman–Crippen LogP) is 4.23. The first-order chi connectivity index (χ1) is 9.56. The van der Waals surface area contributed by atoms with E-state index >= 15 is 0 Å². The van der Waals surface area contributed by atoms with Gasteiger partial charge in [-0.25, -0.2) is 0 Å². The maximum Gasteiger partial charge on any atom is 0.282 e. The Bertz CT molecular complexity index is 584. The molecule has 2 rings (SSSR count). The molecule has 0 spiro atoms. The molecule has 1 atom stereocenters. The van der Waals surface area contributed by atoms with Crippen molar-refractivity contribution in [1.82, 2.24) is 0 Å². The summed E-state index contributed by atoms with van der Waals surface area (Å²) in [5.41, 5.74) is 1.03. The first-order valence-electron chi connectivity index (χ1n) is 6.29. The number of nitrogens with zero attached hydrogens (tertiary/aromatic N) is 1. The molecule has 20 heavy (non-hydrogen) atoms. The number of halogens is 1. The average Bonchev–Trinajstić information content (AvgIpc) is 2.89. The lowest BCUT2D eigenvalue weighted by Gasteiger charge is -2.14. The summed E-state index contributed by atoms with van der Waals surface area (Å²) in [5, 5.41) is 14.1. The molecule has 1 aromatic heterocycles. The zero-order valence-electron chi connectivity index (χ0n) is 11.0. The zero-order chi connectivity index (χ0) is 14.5. The summed E-state index contributed by atoms with van der Waals surface area (Å²) in [6.45, 7) is 2.08. The van der Waals surface area contributed by atoms with Crippen molar-refractivity contribution in [3.63, 3.8) is 0 Å². The Labute approximate surface area is 130 Å². The van der Waals surface area contributed by atoms with Crippen LogP contribution < -0.4 is 5.32 Å². The Hall–Kier alpha value is -1.57. The normalized spacial score (nSPS) is 12.1. The Morgan fingerprint density at radius 2 is 2.25 bits per heavy atom.